The van der Waals surface area contributed by atoms with Gasteiger partial charge in [-0.05, 0) is 24.6 Å². The summed E-state index contributed by atoms with van der Waals surface area (Å²) in [5, 5.41) is 0. The normalized spacial score (nSPS) is 10.5. The number of nitrogens with zero attached hydrogens (tertiary/aromatic N) is 1. The molecule has 6 heteroatoms. The lowest BCUT2D eigenvalue weighted by Gasteiger charge is -2.07. The van der Waals surface area contributed by atoms with Crippen molar-refractivity contribution >= 4 is 0 Å². The van der Waals surface area contributed by atoms with Gasteiger partial charge in [-0.25, -0.2) is 13.2 Å². The summed E-state index contributed by atoms with van der Waals surface area (Å²) in [7, 11) is 0. The Balaban J connectivity index is 2.40. The molecule has 1 aromatic heterocycles. The Labute approximate surface area is 99.8 Å². The highest BCUT2D eigenvalue weighted by Crippen LogP contribution is 2.26. The molecule has 0 unspecified atom stereocenters. The van der Waals surface area contributed by atoms with Gasteiger partial charge in [-0.2, -0.15) is 9.37 Å². The summed E-state index contributed by atoms with van der Waals surface area (Å²) in [5.74, 6) is -6.06. The van der Waals surface area contributed by atoms with Gasteiger partial charge in [-0.1, -0.05) is 6.07 Å². The monoisotopic (exact) mass is 257 g/mol. The highest BCUT2D eigenvalue weighted by atomic mass is 19.2. The van der Waals surface area contributed by atoms with Crippen LogP contribution in [0.4, 0.5) is 17.6 Å². The third-order valence-electron chi connectivity index (χ3n) is 2.15. The van der Waals surface area contributed by atoms with E-state index in [9.17, 15) is 17.6 Å². The van der Waals surface area contributed by atoms with E-state index in [0.29, 0.717) is 5.56 Å². The second kappa shape index (κ2) is 4.64. The van der Waals surface area contributed by atoms with E-state index in [1.807, 2.05) is 0 Å². The van der Waals surface area contributed by atoms with E-state index < -0.39 is 29.3 Å². The Morgan fingerprint density at radius 2 is 1.67 bits per heavy atom. The number of pyridine rings is 1. The van der Waals surface area contributed by atoms with Crippen molar-refractivity contribution in [3.8, 4) is 11.6 Å². The summed E-state index contributed by atoms with van der Waals surface area (Å²) in [6.07, 6.45) is 0. The highest BCUT2D eigenvalue weighted by Gasteiger charge is 2.15. The van der Waals surface area contributed by atoms with Crippen LogP contribution < -0.4 is 4.74 Å². The van der Waals surface area contributed by atoms with E-state index in [1.54, 1.807) is 6.92 Å². The molecule has 0 radical (unpaired) electrons. The molecule has 94 valence electrons. The van der Waals surface area contributed by atoms with Crippen LogP contribution in [0.3, 0.4) is 0 Å². The molecular formula is C12H7F4NO. The van der Waals surface area contributed by atoms with Crippen LogP contribution >= 0.6 is 0 Å². The van der Waals surface area contributed by atoms with Gasteiger partial charge in [0.05, 0.1) is 0 Å². The first-order valence-electron chi connectivity index (χ1n) is 4.93. The molecule has 0 N–H and O–H groups in total. The molecule has 0 amide bonds. The molecule has 1 heterocycles. The van der Waals surface area contributed by atoms with Crippen molar-refractivity contribution in [3.05, 3.63) is 53.2 Å². The minimum absolute atomic E-state index is 0.283. The van der Waals surface area contributed by atoms with Crippen molar-refractivity contribution in [1.82, 2.24) is 4.98 Å². The lowest BCUT2D eigenvalue weighted by Crippen LogP contribution is -1.99. The van der Waals surface area contributed by atoms with Crippen LogP contribution in [0.1, 0.15) is 5.56 Å². The zero-order chi connectivity index (χ0) is 13.3. The van der Waals surface area contributed by atoms with E-state index in [-0.39, 0.29) is 11.8 Å². The van der Waals surface area contributed by atoms with E-state index in [0.717, 1.165) is 6.07 Å². The minimum Gasteiger partial charge on any atom is -0.433 e. The van der Waals surface area contributed by atoms with Crippen LogP contribution in [0.15, 0.2) is 24.3 Å². The Morgan fingerprint density at radius 1 is 0.944 bits per heavy atom. The Hall–Kier alpha value is -2.11. The average molecular weight is 257 g/mol. The quantitative estimate of drug-likeness (QED) is 0.604. The Morgan fingerprint density at radius 3 is 2.39 bits per heavy atom. The number of rotatable bonds is 2. The summed E-state index contributed by atoms with van der Waals surface area (Å²) in [6, 6.07) is 4.17. The fraction of sp³-hybridized carbons (Fsp3) is 0.0833. The molecule has 0 bridgehead atoms. The molecule has 2 rings (SSSR count). The highest BCUT2D eigenvalue weighted by molar-refractivity contribution is 5.33. The fourth-order valence-corrected chi connectivity index (χ4v) is 1.29. The van der Waals surface area contributed by atoms with Crippen molar-refractivity contribution in [2.75, 3.05) is 0 Å². The summed E-state index contributed by atoms with van der Waals surface area (Å²) in [5.41, 5.74) is 0.661. The van der Waals surface area contributed by atoms with E-state index in [2.05, 4.69) is 4.98 Å². The molecule has 2 aromatic rings. The lowest BCUT2D eigenvalue weighted by atomic mass is 10.2. The molecular weight excluding hydrogens is 250 g/mol. The van der Waals surface area contributed by atoms with Gasteiger partial charge >= 0.3 is 0 Å². The molecule has 0 aliphatic heterocycles. The molecule has 0 aliphatic carbocycles. The van der Waals surface area contributed by atoms with Crippen LogP contribution in [0.5, 0.6) is 11.6 Å². The van der Waals surface area contributed by atoms with Gasteiger partial charge in [0, 0.05) is 6.07 Å². The number of hydrogen-bond acceptors (Lipinski definition) is 2. The first kappa shape index (κ1) is 12.3. The van der Waals surface area contributed by atoms with E-state index in [4.69, 9.17) is 4.74 Å². The van der Waals surface area contributed by atoms with Crippen LogP contribution in [-0.2, 0) is 0 Å². The maximum atomic E-state index is 13.3. The maximum Gasteiger partial charge on any atom is 0.258 e. The zero-order valence-electron chi connectivity index (χ0n) is 9.18. The predicted molar refractivity (Wildman–Crippen MR) is 55.3 cm³/mol. The summed E-state index contributed by atoms with van der Waals surface area (Å²) in [4.78, 5) is 2.93. The molecule has 18 heavy (non-hydrogen) atoms. The molecule has 0 saturated carbocycles. The van der Waals surface area contributed by atoms with Crippen LogP contribution in [0.25, 0.3) is 0 Å². The number of aromatic nitrogens is 1. The topological polar surface area (TPSA) is 22.1 Å². The van der Waals surface area contributed by atoms with Gasteiger partial charge < -0.3 is 4.74 Å². The lowest BCUT2D eigenvalue weighted by molar-refractivity contribution is 0.372. The number of hydrogen-bond donors (Lipinski definition) is 0. The van der Waals surface area contributed by atoms with Crippen molar-refractivity contribution in [1.29, 1.82) is 0 Å². The average Bonchev–Trinajstić information content (AvgIpc) is 2.30. The molecule has 1 aromatic carbocycles. The van der Waals surface area contributed by atoms with Gasteiger partial charge in [0.25, 0.3) is 11.8 Å². The summed E-state index contributed by atoms with van der Waals surface area (Å²) >= 11 is 0. The van der Waals surface area contributed by atoms with Crippen LogP contribution in [0, 0.1) is 30.3 Å². The number of aryl methyl sites for hydroxylation is 1. The zero-order valence-corrected chi connectivity index (χ0v) is 9.18. The molecule has 0 aliphatic rings. The van der Waals surface area contributed by atoms with E-state index in [1.165, 1.54) is 12.1 Å². The first-order chi connectivity index (χ1) is 8.47. The number of benzene rings is 1. The van der Waals surface area contributed by atoms with Crippen molar-refractivity contribution in [2.24, 2.45) is 0 Å². The smallest absolute Gasteiger partial charge is 0.258 e. The second-order valence-electron chi connectivity index (χ2n) is 3.58. The Bertz CT molecular complexity index is 601. The maximum absolute atomic E-state index is 13.3. The van der Waals surface area contributed by atoms with E-state index >= 15 is 0 Å². The molecule has 0 spiro atoms. The number of halogens is 4. The van der Waals surface area contributed by atoms with Gasteiger partial charge in [0.1, 0.15) is 0 Å². The largest absolute Gasteiger partial charge is 0.433 e. The first-order valence-corrected chi connectivity index (χ1v) is 4.93. The Kier molecular flexibility index (Phi) is 3.18. The van der Waals surface area contributed by atoms with Gasteiger partial charge in [-0.3, -0.25) is 0 Å². The van der Waals surface area contributed by atoms with Crippen molar-refractivity contribution in [2.45, 2.75) is 6.92 Å². The molecule has 0 saturated heterocycles. The summed E-state index contributed by atoms with van der Waals surface area (Å²) < 4.78 is 56.8. The molecule has 0 fully saturated rings. The summed E-state index contributed by atoms with van der Waals surface area (Å²) in [6.45, 7) is 1.67. The van der Waals surface area contributed by atoms with Crippen molar-refractivity contribution in [3.63, 3.8) is 0 Å². The number of ether oxygens (including phenoxy) is 1. The third kappa shape index (κ3) is 2.42. The van der Waals surface area contributed by atoms with Gasteiger partial charge in [0.15, 0.2) is 23.2 Å². The third-order valence-corrected chi connectivity index (χ3v) is 2.15. The standard InChI is InChI=1S/C12H7F4NO/c1-6-2-3-7(13)10(4-6)18-12-9(15)5-8(14)11(16)17-12/h2-5H,1H3. The second-order valence-corrected chi connectivity index (χ2v) is 3.58. The minimum atomic E-state index is -1.51. The van der Waals surface area contributed by atoms with Crippen LogP contribution in [-0.4, -0.2) is 4.98 Å². The van der Waals surface area contributed by atoms with Crippen molar-refractivity contribution < 1.29 is 22.3 Å². The van der Waals surface area contributed by atoms with Crippen LogP contribution in [0.2, 0.25) is 0 Å². The fourth-order valence-electron chi connectivity index (χ4n) is 1.29. The SMILES string of the molecule is Cc1ccc(F)c(Oc2nc(F)c(F)cc2F)c1. The molecule has 2 nitrogen and oxygen atoms in total. The molecule has 0 atom stereocenters. The van der Waals surface area contributed by atoms with Gasteiger partial charge in [0.2, 0.25) is 0 Å². The van der Waals surface area contributed by atoms with Gasteiger partial charge in [-0.15, -0.1) is 0 Å². The predicted octanol–water partition coefficient (Wildman–Crippen LogP) is 3.74.